The van der Waals surface area contributed by atoms with Crippen molar-refractivity contribution in [1.82, 2.24) is 10.2 Å². The van der Waals surface area contributed by atoms with Crippen LogP contribution in [0.3, 0.4) is 0 Å². The highest BCUT2D eigenvalue weighted by molar-refractivity contribution is 5.77. The molecule has 17 heavy (non-hydrogen) atoms. The Morgan fingerprint density at radius 3 is 2.41 bits per heavy atom. The Hall–Kier alpha value is -1.30. The van der Waals surface area contributed by atoms with Crippen molar-refractivity contribution in [2.45, 2.75) is 26.8 Å². The lowest BCUT2D eigenvalue weighted by molar-refractivity contribution is -0.146. The van der Waals surface area contributed by atoms with Gasteiger partial charge in [0.1, 0.15) is 0 Å². The molecule has 0 aromatic heterocycles. The SMILES string of the molecule is COCC(C)N(C)C(=O)NCC(C)(C)C(=O)O. The van der Waals surface area contributed by atoms with E-state index in [0.29, 0.717) is 6.61 Å². The number of nitrogens with zero attached hydrogens (tertiary/aromatic N) is 1. The van der Waals surface area contributed by atoms with Crippen LogP contribution in [0.2, 0.25) is 0 Å². The molecule has 0 fully saturated rings. The van der Waals surface area contributed by atoms with Crippen LogP contribution in [0, 0.1) is 5.41 Å². The van der Waals surface area contributed by atoms with E-state index in [-0.39, 0.29) is 18.6 Å². The van der Waals surface area contributed by atoms with Crippen LogP contribution in [0.25, 0.3) is 0 Å². The molecule has 6 heteroatoms. The van der Waals surface area contributed by atoms with Crippen molar-refractivity contribution in [2.24, 2.45) is 5.41 Å². The third kappa shape index (κ3) is 5.04. The van der Waals surface area contributed by atoms with Gasteiger partial charge in [0, 0.05) is 20.7 Å². The smallest absolute Gasteiger partial charge is 0.317 e. The molecule has 0 aliphatic rings. The summed E-state index contributed by atoms with van der Waals surface area (Å²) in [4.78, 5) is 24.0. The summed E-state index contributed by atoms with van der Waals surface area (Å²) >= 11 is 0. The molecule has 0 heterocycles. The average Bonchev–Trinajstić information content (AvgIpc) is 2.25. The monoisotopic (exact) mass is 246 g/mol. The Kier molecular flexibility index (Phi) is 5.95. The van der Waals surface area contributed by atoms with Crippen molar-refractivity contribution in [3.05, 3.63) is 0 Å². The third-order valence-corrected chi connectivity index (χ3v) is 2.65. The summed E-state index contributed by atoms with van der Waals surface area (Å²) in [6.07, 6.45) is 0. The Bertz CT molecular complexity index is 279. The second-order valence-corrected chi connectivity index (χ2v) is 4.76. The highest BCUT2D eigenvalue weighted by Gasteiger charge is 2.28. The molecule has 0 bridgehead atoms. The Labute approximate surface area is 102 Å². The van der Waals surface area contributed by atoms with Gasteiger partial charge in [0.25, 0.3) is 0 Å². The fraction of sp³-hybridized carbons (Fsp3) is 0.818. The molecular weight excluding hydrogens is 224 g/mol. The lowest BCUT2D eigenvalue weighted by atomic mass is 9.94. The topological polar surface area (TPSA) is 78.9 Å². The van der Waals surface area contributed by atoms with E-state index in [1.807, 2.05) is 6.92 Å². The number of carboxylic acid groups (broad SMARTS) is 1. The molecule has 100 valence electrons. The number of nitrogens with one attached hydrogen (secondary N) is 1. The first kappa shape index (κ1) is 15.7. The number of rotatable bonds is 6. The second-order valence-electron chi connectivity index (χ2n) is 4.76. The molecule has 0 rings (SSSR count). The predicted octanol–water partition coefficient (Wildman–Crippen LogP) is 0.773. The quantitative estimate of drug-likeness (QED) is 0.725. The fourth-order valence-corrected chi connectivity index (χ4v) is 1.05. The molecule has 0 aliphatic heterocycles. The third-order valence-electron chi connectivity index (χ3n) is 2.65. The summed E-state index contributed by atoms with van der Waals surface area (Å²) in [7, 11) is 3.21. The number of amides is 2. The van der Waals surface area contributed by atoms with Gasteiger partial charge in [-0.2, -0.15) is 0 Å². The number of urea groups is 1. The van der Waals surface area contributed by atoms with Crippen LogP contribution < -0.4 is 5.32 Å². The molecule has 0 saturated carbocycles. The number of hydrogen-bond donors (Lipinski definition) is 2. The molecule has 0 radical (unpaired) electrons. The van der Waals surface area contributed by atoms with E-state index in [4.69, 9.17) is 9.84 Å². The first-order valence-corrected chi connectivity index (χ1v) is 5.45. The highest BCUT2D eigenvalue weighted by Crippen LogP contribution is 2.13. The molecule has 2 amide bonds. The zero-order valence-electron chi connectivity index (χ0n) is 11.1. The van der Waals surface area contributed by atoms with E-state index in [0.717, 1.165) is 0 Å². The van der Waals surface area contributed by atoms with Crippen molar-refractivity contribution in [3.8, 4) is 0 Å². The first-order chi connectivity index (χ1) is 7.72. The van der Waals surface area contributed by atoms with Crippen LogP contribution in [0.15, 0.2) is 0 Å². The minimum absolute atomic E-state index is 0.0621. The predicted molar refractivity (Wildman–Crippen MR) is 63.9 cm³/mol. The number of carbonyl (C=O) groups is 2. The van der Waals surface area contributed by atoms with Crippen molar-refractivity contribution in [3.63, 3.8) is 0 Å². The van der Waals surface area contributed by atoms with Gasteiger partial charge in [0.2, 0.25) is 0 Å². The number of methoxy groups -OCH3 is 1. The lowest BCUT2D eigenvalue weighted by Gasteiger charge is -2.27. The van der Waals surface area contributed by atoms with Gasteiger partial charge in [-0.15, -0.1) is 0 Å². The summed E-state index contributed by atoms with van der Waals surface area (Å²) in [5, 5.41) is 11.5. The van der Waals surface area contributed by atoms with Crippen molar-refractivity contribution in [1.29, 1.82) is 0 Å². The molecule has 1 atom stereocenters. The number of aliphatic carboxylic acids is 1. The Morgan fingerprint density at radius 2 is 2.00 bits per heavy atom. The van der Waals surface area contributed by atoms with Crippen LogP contribution >= 0.6 is 0 Å². The zero-order valence-corrected chi connectivity index (χ0v) is 11.1. The van der Waals surface area contributed by atoms with Gasteiger partial charge >= 0.3 is 12.0 Å². The minimum atomic E-state index is -0.971. The van der Waals surface area contributed by atoms with Gasteiger partial charge < -0.3 is 20.1 Å². The first-order valence-electron chi connectivity index (χ1n) is 5.45. The van der Waals surface area contributed by atoms with Gasteiger partial charge in [0.05, 0.1) is 18.1 Å². The molecule has 0 spiro atoms. The van der Waals surface area contributed by atoms with E-state index < -0.39 is 11.4 Å². The zero-order chi connectivity index (χ0) is 13.6. The van der Waals surface area contributed by atoms with Crippen molar-refractivity contribution >= 4 is 12.0 Å². The van der Waals surface area contributed by atoms with E-state index in [1.54, 1.807) is 28.0 Å². The number of carbonyl (C=O) groups excluding carboxylic acids is 1. The summed E-state index contributed by atoms with van der Waals surface area (Å²) < 4.78 is 4.94. The standard InChI is InChI=1S/C11H22N2O4/c1-8(6-17-5)13(4)10(16)12-7-11(2,3)9(14)15/h8H,6-7H2,1-5H3,(H,12,16)(H,14,15). The largest absolute Gasteiger partial charge is 0.481 e. The molecule has 0 aliphatic carbocycles. The molecule has 0 saturated heterocycles. The Morgan fingerprint density at radius 1 is 1.47 bits per heavy atom. The molecule has 0 aromatic rings. The van der Waals surface area contributed by atoms with Gasteiger partial charge in [-0.3, -0.25) is 4.79 Å². The minimum Gasteiger partial charge on any atom is -0.481 e. The summed E-state index contributed by atoms with van der Waals surface area (Å²) in [6.45, 7) is 5.51. The number of hydrogen-bond acceptors (Lipinski definition) is 3. The molecule has 0 aromatic carbocycles. The summed E-state index contributed by atoms with van der Waals surface area (Å²) in [5.41, 5.74) is -0.971. The van der Waals surface area contributed by atoms with Gasteiger partial charge in [0.15, 0.2) is 0 Å². The second kappa shape index (κ2) is 6.44. The molecular formula is C11H22N2O4. The fourth-order valence-electron chi connectivity index (χ4n) is 1.05. The molecule has 1 unspecified atom stereocenters. The van der Waals surface area contributed by atoms with E-state index in [9.17, 15) is 9.59 Å². The Balaban J connectivity index is 4.23. The number of likely N-dealkylation sites (N-methyl/N-ethyl adjacent to an activating group) is 1. The maximum absolute atomic E-state index is 11.7. The average molecular weight is 246 g/mol. The summed E-state index contributed by atoms with van der Waals surface area (Å²) in [6, 6.07) is -0.364. The number of ether oxygens (including phenoxy) is 1. The van der Waals surface area contributed by atoms with Gasteiger partial charge in [-0.1, -0.05) is 0 Å². The van der Waals surface area contributed by atoms with E-state index >= 15 is 0 Å². The highest BCUT2D eigenvalue weighted by atomic mass is 16.5. The normalized spacial score (nSPS) is 13.0. The van der Waals surface area contributed by atoms with Crippen LogP contribution in [0.4, 0.5) is 4.79 Å². The van der Waals surface area contributed by atoms with Crippen LogP contribution in [-0.2, 0) is 9.53 Å². The van der Waals surface area contributed by atoms with Gasteiger partial charge in [-0.05, 0) is 20.8 Å². The molecule has 6 nitrogen and oxygen atoms in total. The van der Waals surface area contributed by atoms with Crippen molar-refractivity contribution < 1.29 is 19.4 Å². The van der Waals surface area contributed by atoms with Crippen LogP contribution in [-0.4, -0.2) is 55.4 Å². The summed E-state index contributed by atoms with van der Waals surface area (Å²) in [5.74, 6) is -0.939. The lowest BCUT2D eigenvalue weighted by Crippen LogP contribution is -2.47. The van der Waals surface area contributed by atoms with E-state index in [1.165, 1.54) is 4.90 Å². The van der Waals surface area contributed by atoms with E-state index in [2.05, 4.69) is 5.32 Å². The van der Waals surface area contributed by atoms with Crippen molar-refractivity contribution in [2.75, 3.05) is 27.3 Å². The molecule has 2 N–H and O–H groups in total. The van der Waals surface area contributed by atoms with Crippen LogP contribution in [0.5, 0.6) is 0 Å². The maximum Gasteiger partial charge on any atom is 0.317 e. The maximum atomic E-state index is 11.7. The van der Waals surface area contributed by atoms with Crippen LogP contribution in [0.1, 0.15) is 20.8 Å². The number of carboxylic acids is 1. The van der Waals surface area contributed by atoms with Gasteiger partial charge in [-0.25, -0.2) is 4.79 Å².